The number of ether oxygens (including phenoxy) is 1. The maximum atomic E-state index is 12.7. The van der Waals surface area contributed by atoms with Crippen molar-refractivity contribution in [2.45, 2.75) is 66.5 Å². The molecule has 1 amide bonds. The van der Waals surface area contributed by atoms with E-state index in [0.29, 0.717) is 13.0 Å². The van der Waals surface area contributed by atoms with E-state index in [0.717, 1.165) is 24.2 Å². The largest absolute Gasteiger partial charge is 0.480 e. The number of rotatable bonds is 8. The van der Waals surface area contributed by atoms with Crippen LogP contribution in [0.4, 0.5) is 0 Å². The van der Waals surface area contributed by atoms with Crippen LogP contribution in [-0.2, 0) is 24.2 Å². The average Bonchev–Trinajstić information content (AvgIpc) is 2.66. The van der Waals surface area contributed by atoms with E-state index in [1.807, 2.05) is 26.0 Å². The summed E-state index contributed by atoms with van der Waals surface area (Å²) in [5, 5.41) is 3.07. The van der Waals surface area contributed by atoms with Gasteiger partial charge in [-0.25, -0.2) is 0 Å². The van der Waals surface area contributed by atoms with Gasteiger partial charge in [-0.1, -0.05) is 51.1 Å². The Morgan fingerprint density at radius 2 is 1.81 bits per heavy atom. The fraction of sp³-hybridized carbons (Fsp3) is 0.435. The zero-order valence-corrected chi connectivity index (χ0v) is 16.7. The molecule has 1 unspecified atom stereocenters. The van der Waals surface area contributed by atoms with Crippen LogP contribution in [0, 0.1) is 13.8 Å². The number of nitrogens with one attached hydrogen (secondary N) is 1. The van der Waals surface area contributed by atoms with Crippen molar-refractivity contribution >= 4 is 5.91 Å². The van der Waals surface area contributed by atoms with E-state index in [4.69, 9.17) is 4.74 Å². The van der Waals surface area contributed by atoms with Crippen LogP contribution < -0.4 is 10.1 Å². The van der Waals surface area contributed by atoms with Crippen molar-refractivity contribution in [1.82, 2.24) is 5.32 Å². The second-order valence-corrected chi connectivity index (χ2v) is 6.74. The predicted molar refractivity (Wildman–Crippen MR) is 108 cm³/mol. The van der Waals surface area contributed by atoms with Gasteiger partial charge in [0.25, 0.3) is 5.91 Å². The van der Waals surface area contributed by atoms with E-state index < -0.39 is 6.10 Å². The van der Waals surface area contributed by atoms with Gasteiger partial charge < -0.3 is 10.1 Å². The summed E-state index contributed by atoms with van der Waals surface area (Å²) in [5.74, 6) is 0.728. The molecule has 0 radical (unpaired) electrons. The number of hydrogen-bond acceptors (Lipinski definition) is 2. The average molecular weight is 354 g/mol. The maximum absolute atomic E-state index is 12.7. The number of carbonyl (C=O) groups excluding carboxylic acids is 1. The molecule has 0 aliphatic rings. The zero-order valence-electron chi connectivity index (χ0n) is 16.7. The van der Waals surface area contributed by atoms with Crippen LogP contribution in [0.15, 0.2) is 36.4 Å². The molecule has 1 atom stereocenters. The van der Waals surface area contributed by atoms with Crippen molar-refractivity contribution in [3.63, 3.8) is 0 Å². The molecule has 3 nitrogen and oxygen atoms in total. The fourth-order valence-corrected chi connectivity index (χ4v) is 3.03. The highest BCUT2D eigenvalue weighted by Gasteiger charge is 2.19. The van der Waals surface area contributed by atoms with Crippen LogP contribution in [-0.4, -0.2) is 12.0 Å². The van der Waals surface area contributed by atoms with Gasteiger partial charge in [0.2, 0.25) is 0 Å². The SMILES string of the molecule is CCc1ccc(CC)c(CNC(=O)C(CC)Oc2cccc(C)c2C)c1. The quantitative estimate of drug-likeness (QED) is 0.733. The second-order valence-electron chi connectivity index (χ2n) is 6.74. The highest BCUT2D eigenvalue weighted by atomic mass is 16.5. The fourth-order valence-electron chi connectivity index (χ4n) is 3.03. The third-order valence-corrected chi connectivity index (χ3v) is 5.00. The molecule has 2 aromatic carbocycles. The van der Waals surface area contributed by atoms with Crippen molar-refractivity contribution in [3.8, 4) is 5.75 Å². The minimum absolute atomic E-state index is 0.0580. The van der Waals surface area contributed by atoms with Gasteiger partial charge in [-0.2, -0.15) is 0 Å². The first-order chi connectivity index (χ1) is 12.5. The van der Waals surface area contributed by atoms with Gasteiger partial charge in [0.15, 0.2) is 6.10 Å². The number of aryl methyl sites for hydroxylation is 3. The Kier molecular flexibility index (Phi) is 7.26. The Bertz CT molecular complexity index is 752. The minimum Gasteiger partial charge on any atom is -0.480 e. The molecular weight excluding hydrogens is 322 g/mol. The Labute approximate surface area is 157 Å². The lowest BCUT2D eigenvalue weighted by atomic mass is 10.0. The first-order valence-corrected chi connectivity index (χ1v) is 9.61. The molecule has 0 aromatic heterocycles. The summed E-state index contributed by atoms with van der Waals surface area (Å²) in [6.07, 6.45) is 2.12. The topological polar surface area (TPSA) is 38.3 Å². The summed E-state index contributed by atoms with van der Waals surface area (Å²) < 4.78 is 6.01. The summed E-state index contributed by atoms with van der Waals surface area (Å²) in [7, 11) is 0. The Balaban J connectivity index is 2.07. The Hall–Kier alpha value is -2.29. The van der Waals surface area contributed by atoms with Crippen LogP contribution in [0.25, 0.3) is 0 Å². The predicted octanol–water partition coefficient (Wildman–Crippen LogP) is 4.90. The molecular formula is C23H31NO2. The Morgan fingerprint density at radius 1 is 1.04 bits per heavy atom. The molecule has 2 rings (SSSR count). The van der Waals surface area contributed by atoms with Crippen LogP contribution in [0.1, 0.15) is 55.0 Å². The first-order valence-electron chi connectivity index (χ1n) is 9.61. The smallest absolute Gasteiger partial charge is 0.261 e. The van der Waals surface area contributed by atoms with E-state index in [-0.39, 0.29) is 5.91 Å². The van der Waals surface area contributed by atoms with Crippen molar-refractivity contribution in [3.05, 3.63) is 64.2 Å². The summed E-state index contributed by atoms with van der Waals surface area (Å²) in [5.41, 5.74) is 6.03. The van der Waals surface area contributed by atoms with Crippen LogP contribution >= 0.6 is 0 Å². The van der Waals surface area contributed by atoms with Crippen LogP contribution in [0.3, 0.4) is 0 Å². The van der Waals surface area contributed by atoms with Crippen molar-refractivity contribution < 1.29 is 9.53 Å². The molecule has 26 heavy (non-hydrogen) atoms. The highest BCUT2D eigenvalue weighted by molar-refractivity contribution is 5.81. The molecule has 140 valence electrons. The molecule has 0 bridgehead atoms. The molecule has 0 aliphatic heterocycles. The van der Waals surface area contributed by atoms with E-state index >= 15 is 0 Å². The van der Waals surface area contributed by atoms with E-state index in [1.165, 1.54) is 22.3 Å². The van der Waals surface area contributed by atoms with Crippen molar-refractivity contribution in [2.24, 2.45) is 0 Å². The highest BCUT2D eigenvalue weighted by Crippen LogP contribution is 2.22. The normalized spacial score (nSPS) is 11.9. The second kappa shape index (κ2) is 9.42. The van der Waals surface area contributed by atoms with Crippen molar-refractivity contribution in [2.75, 3.05) is 0 Å². The molecule has 0 aliphatic carbocycles. The third kappa shape index (κ3) is 4.87. The van der Waals surface area contributed by atoms with Gasteiger partial charge in [0, 0.05) is 6.54 Å². The molecule has 0 spiro atoms. The lowest BCUT2D eigenvalue weighted by Crippen LogP contribution is -2.38. The van der Waals surface area contributed by atoms with Gasteiger partial charge in [0.05, 0.1) is 0 Å². The number of carbonyl (C=O) groups is 1. The minimum atomic E-state index is -0.477. The summed E-state index contributed by atoms with van der Waals surface area (Å²) in [6.45, 7) is 10.9. The molecule has 1 N–H and O–H groups in total. The first kappa shape index (κ1) is 20.0. The van der Waals surface area contributed by atoms with E-state index in [9.17, 15) is 4.79 Å². The monoisotopic (exact) mass is 353 g/mol. The number of benzene rings is 2. The molecule has 0 heterocycles. The van der Waals surface area contributed by atoms with E-state index in [2.05, 4.69) is 50.4 Å². The molecule has 0 saturated heterocycles. The standard InChI is InChI=1S/C23H31NO2/c1-6-18-12-13-19(7-2)20(14-18)15-24-23(25)21(8-3)26-22-11-9-10-16(4)17(22)5/h9-14,21H,6-8,15H2,1-5H3,(H,24,25). The van der Waals surface area contributed by atoms with Crippen LogP contribution in [0.5, 0.6) is 5.75 Å². The van der Waals surface area contributed by atoms with Gasteiger partial charge in [-0.05, 0) is 67.0 Å². The van der Waals surface area contributed by atoms with Gasteiger partial charge in [-0.15, -0.1) is 0 Å². The summed E-state index contributed by atoms with van der Waals surface area (Å²) >= 11 is 0. The molecule has 0 saturated carbocycles. The molecule has 0 fully saturated rings. The lowest BCUT2D eigenvalue weighted by molar-refractivity contribution is -0.128. The van der Waals surface area contributed by atoms with Gasteiger partial charge in [-0.3, -0.25) is 4.79 Å². The van der Waals surface area contributed by atoms with Gasteiger partial charge in [0.1, 0.15) is 5.75 Å². The third-order valence-electron chi connectivity index (χ3n) is 5.00. The van der Waals surface area contributed by atoms with Crippen molar-refractivity contribution in [1.29, 1.82) is 0 Å². The Morgan fingerprint density at radius 3 is 2.46 bits per heavy atom. The molecule has 3 heteroatoms. The van der Waals surface area contributed by atoms with E-state index in [1.54, 1.807) is 0 Å². The number of hydrogen-bond donors (Lipinski definition) is 1. The summed E-state index contributed by atoms with van der Waals surface area (Å²) in [6, 6.07) is 12.5. The summed E-state index contributed by atoms with van der Waals surface area (Å²) in [4.78, 5) is 12.7. The van der Waals surface area contributed by atoms with Crippen LogP contribution in [0.2, 0.25) is 0 Å². The number of amides is 1. The molecule has 2 aromatic rings. The maximum Gasteiger partial charge on any atom is 0.261 e. The van der Waals surface area contributed by atoms with Gasteiger partial charge >= 0.3 is 0 Å². The lowest BCUT2D eigenvalue weighted by Gasteiger charge is -2.20. The zero-order chi connectivity index (χ0) is 19.1.